The summed E-state index contributed by atoms with van der Waals surface area (Å²) in [7, 11) is -3.48. The maximum Gasteiger partial charge on any atom is 0.262 e. The second-order valence-electron chi connectivity index (χ2n) is 6.53. The van der Waals surface area contributed by atoms with Gasteiger partial charge in [0.05, 0.1) is 16.7 Å². The van der Waals surface area contributed by atoms with Crippen molar-refractivity contribution in [2.45, 2.75) is 31.0 Å². The molecule has 3 rings (SSSR count). The van der Waals surface area contributed by atoms with E-state index in [4.69, 9.17) is 5.14 Å². The number of nitrogens with two attached hydrogens (primary N) is 1. The highest BCUT2D eigenvalue weighted by molar-refractivity contribution is 7.99. The molecule has 0 amide bonds. The number of benzene rings is 2. The zero-order valence-electron chi connectivity index (χ0n) is 15.5. The minimum atomic E-state index is -3.48. The van der Waals surface area contributed by atoms with Crippen LogP contribution >= 0.6 is 11.8 Å². The number of para-hydroxylation sites is 1. The van der Waals surface area contributed by atoms with Gasteiger partial charge in [-0.1, -0.05) is 54.2 Å². The van der Waals surface area contributed by atoms with E-state index in [-0.39, 0.29) is 11.3 Å². The zero-order valence-corrected chi connectivity index (χ0v) is 17.1. The molecule has 0 spiro atoms. The Morgan fingerprint density at radius 2 is 1.71 bits per heavy atom. The molecule has 1 heterocycles. The normalized spacial score (nSPS) is 11.8. The number of aryl methyl sites for hydroxylation is 1. The van der Waals surface area contributed by atoms with Gasteiger partial charge in [0.15, 0.2) is 5.16 Å². The number of fused-ring (bicyclic) bond motifs is 1. The molecule has 0 atom stereocenters. The van der Waals surface area contributed by atoms with E-state index >= 15 is 0 Å². The Morgan fingerprint density at radius 3 is 2.46 bits per heavy atom. The van der Waals surface area contributed by atoms with Crippen LogP contribution in [0.2, 0.25) is 0 Å². The van der Waals surface area contributed by atoms with Gasteiger partial charge in [0.2, 0.25) is 10.0 Å². The van der Waals surface area contributed by atoms with Crippen LogP contribution in [0.4, 0.5) is 0 Å². The molecular weight excluding hydrogens is 394 g/mol. The van der Waals surface area contributed by atoms with Crippen molar-refractivity contribution in [3.8, 4) is 0 Å². The summed E-state index contributed by atoms with van der Waals surface area (Å²) in [5.74, 6) is 0.450. The summed E-state index contributed by atoms with van der Waals surface area (Å²) < 4.78 is 23.9. The second-order valence-corrected chi connectivity index (χ2v) is 9.32. The van der Waals surface area contributed by atoms with Crippen LogP contribution in [0.3, 0.4) is 0 Å². The van der Waals surface area contributed by atoms with Gasteiger partial charge < -0.3 is 0 Å². The molecule has 0 bridgehead atoms. The molecule has 0 unspecified atom stereocenters. The first kappa shape index (κ1) is 20.6. The smallest absolute Gasteiger partial charge is 0.262 e. The first-order valence-corrected chi connectivity index (χ1v) is 11.8. The van der Waals surface area contributed by atoms with Gasteiger partial charge >= 0.3 is 0 Å². The lowest BCUT2D eigenvalue weighted by molar-refractivity contribution is 0.564. The first-order valence-electron chi connectivity index (χ1n) is 9.11. The summed E-state index contributed by atoms with van der Waals surface area (Å²) in [6.45, 7) is 0.559. The standard InChI is InChI=1S/C20H23N3O3S2/c21-28(25,26)15-7-14-27-20-22-18-12-5-4-11-17(18)19(24)23(20)13-6-10-16-8-2-1-3-9-16/h1-5,8-9,11-12H,6-7,10,13-15H2,(H2,21,25,26). The van der Waals surface area contributed by atoms with Gasteiger partial charge in [0.25, 0.3) is 5.56 Å². The van der Waals surface area contributed by atoms with E-state index in [0.29, 0.717) is 34.8 Å². The van der Waals surface area contributed by atoms with Crippen molar-refractivity contribution in [1.29, 1.82) is 0 Å². The van der Waals surface area contributed by atoms with Crippen LogP contribution < -0.4 is 10.7 Å². The van der Waals surface area contributed by atoms with E-state index in [9.17, 15) is 13.2 Å². The number of rotatable bonds is 9. The summed E-state index contributed by atoms with van der Waals surface area (Å²) in [6.07, 6.45) is 2.10. The molecule has 0 saturated heterocycles. The molecule has 6 nitrogen and oxygen atoms in total. The van der Waals surface area contributed by atoms with Crippen LogP contribution in [0, 0.1) is 0 Å². The fourth-order valence-electron chi connectivity index (χ4n) is 2.96. The average Bonchev–Trinajstić information content (AvgIpc) is 2.67. The molecule has 8 heteroatoms. The van der Waals surface area contributed by atoms with Crippen molar-refractivity contribution >= 4 is 32.7 Å². The third kappa shape index (κ3) is 5.67. The molecule has 0 aliphatic rings. The fourth-order valence-corrected chi connectivity index (χ4v) is 4.66. The Balaban J connectivity index is 1.79. The monoisotopic (exact) mass is 417 g/mol. The molecule has 0 aliphatic heterocycles. The highest BCUT2D eigenvalue weighted by Crippen LogP contribution is 2.19. The molecule has 0 saturated carbocycles. The molecular formula is C20H23N3O3S2. The van der Waals surface area contributed by atoms with Gasteiger partial charge in [0.1, 0.15) is 0 Å². The van der Waals surface area contributed by atoms with Gasteiger partial charge in [0, 0.05) is 12.3 Å². The number of aromatic nitrogens is 2. The third-order valence-corrected chi connectivity index (χ3v) is 6.24. The van der Waals surface area contributed by atoms with Gasteiger partial charge in [-0.05, 0) is 37.0 Å². The number of primary sulfonamides is 1. The highest BCUT2D eigenvalue weighted by atomic mass is 32.2. The van der Waals surface area contributed by atoms with Gasteiger partial charge in [-0.2, -0.15) is 0 Å². The Labute approximate surface area is 168 Å². The number of hydrogen-bond donors (Lipinski definition) is 1. The molecule has 2 aromatic carbocycles. The number of thioether (sulfide) groups is 1. The Kier molecular flexibility index (Phi) is 6.88. The second kappa shape index (κ2) is 9.36. The van der Waals surface area contributed by atoms with Crippen LogP contribution in [-0.4, -0.2) is 29.5 Å². The molecule has 0 aliphatic carbocycles. The summed E-state index contributed by atoms with van der Waals surface area (Å²) in [6, 6.07) is 17.4. The first-order chi connectivity index (χ1) is 13.4. The summed E-state index contributed by atoms with van der Waals surface area (Å²) in [5.41, 5.74) is 1.82. The van der Waals surface area contributed by atoms with Crippen LogP contribution in [-0.2, 0) is 23.0 Å². The predicted octanol–water partition coefficient (Wildman–Crippen LogP) is 2.80. The fraction of sp³-hybridized carbons (Fsp3) is 0.300. The number of sulfonamides is 1. The third-order valence-electron chi connectivity index (χ3n) is 4.32. The largest absolute Gasteiger partial charge is 0.287 e. The van der Waals surface area contributed by atoms with E-state index in [2.05, 4.69) is 17.1 Å². The summed E-state index contributed by atoms with van der Waals surface area (Å²) in [4.78, 5) is 17.6. The van der Waals surface area contributed by atoms with E-state index in [1.807, 2.05) is 36.4 Å². The molecule has 1 aromatic heterocycles. The Morgan fingerprint density at radius 1 is 1.00 bits per heavy atom. The molecule has 148 valence electrons. The van der Waals surface area contributed by atoms with E-state index in [0.717, 1.165) is 12.8 Å². The molecule has 3 aromatic rings. The van der Waals surface area contributed by atoms with Crippen LogP contribution in [0.1, 0.15) is 18.4 Å². The van der Waals surface area contributed by atoms with E-state index in [1.54, 1.807) is 10.6 Å². The van der Waals surface area contributed by atoms with Crippen LogP contribution in [0.5, 0.6) is 0 Å². The minimum Gasteiger partial charge on any atom is -0.287 e. The van der Waals surface area contributed by atoms with Crippen LogP contribution in [0.15, 0.2) is 64.5 Å². The topological polar surface area (TPSA) is 95.1 Å². The lowest BCUT2D eigenvalue weighted by Crippen LogP contribution is -2.24. The Hall–Kier alpha value is -2.16. The molecule has 28 heavy (non-hydrogen) atoms. The maximum absolute atomic E-state index is 13.0. The van der Waals surface area contributed by atoms with Crippen molar-refractivity contribution in [3.05, 3.63) is 70.5 Å². The van der Waals surface area contributed by atoms with Gasteiger partial charge in [-0.3, -0.25) is 9.36 Å². The summed E-state index contributed by atoms with van der Waals surface area (Å²) in [5, 5.41) is 6.27. The predicted molar refractivity (Wildman–Crippen MR) is 114 cm³/mol. The van der Waals surface area contributed by atoms with Crippen molar-refractivity contribution in [2.75, 3.05) is 11.5 Å². The lowest BCUT2D eigenvalue weighted by atomic mass is 10.1. The van der Waals surface area contributed by atoms with Gasteiger partial charge in [-0.25, -0.2) is 18.5 Å². The SMILES string of the molecule is NS(=O)(=O)CCCSc1nc2ccccc2c(=O)n1CCCc1ccccc1. The van der Waals surface area contributed by atoms with Crippen molar-refractivity contribution in [1.82, 2.24) is 9.55 Å². The number of nitrogens with zero attached hydrogens (tertiary/aromatic N) is 2. The minimum absolute atomic E-state index is 0.0624. The molecule has 0 radical (unpaired) electrons. The number of hydrogen-bond acceptors (Lipinski definition) is 5. The van der Waals surface area contributed by atoms with Crippen molar-refractivity contribution in [3.63, 3.8) is 0 Å². The maximum atomic E-state index is 13.0. The highest BCUT2D eigenvalue weighted by Gasteiger charge is 2.12. The Bertz CT molecular complexity index is 1100. The van der Waals surface area contributed by atoms with Gasteiger partial charge in [-0.15, -0.1) is 0 Å². The van der Waals surface area contributed by atoms with E-state index in [1.165, 1.54) is 17.3 Å². The van der Waals surface area contributed by atoms with Crippen molar-refractivity contribution in [2.24, 2.45) is 5.14 Å². The molecule has 2 N–H and O–H groups in total. The molecule has 0 fully saturated rings. The van der Waals surface area contributed by atoms with E-state index < -0.39 is 10.0 Å². The van der Waals surface area contributed by atoms with Crippen LogP contribution in [0.25, 0.3) is 10.9 Å². The average molecular weight is 418 g/mol. The zero-order chi connectivity index (χ0) is 20.0. The lowest BCUT2D eigenvalue weighted by Gasteiger charge is -2.13. The van der Waals surface area contributed by atoms with Crippen molar-refractivity contribution < 1.29 is 8.42 Å². The quantitative estimate of drug-likeness (QED) is 0.328. The summed E-state index contributed by atoms with van der Waals surface area (Å²) >= 11 is 1.39.